The first-order chi connectivity index (χ1) is 5.52. The van der Waals surface area contributed by atoms with Gasteiger partial charge < -0.3 is 0 Å². The molecule has 0 saturated heterocycles. The second-order valence-electron chi connectivity index (χ2n) is 4.87. The van der Waals surface area contributed by atoms with Crippen LogP contribution >= 0.6 is 12.4 Å². The van der Waals surface area contributed by atoms with Gasteiger partial charge in [-0.2, -0.15) is 0 Å². The summed E-state index contributed by atoms with van der Waals surface area (Å²) in [5.74, 6) is 6.06. The van der Waals surface area contributed by atoms with Gasteiger partial charge in [0.15, 0.2) is 0 Å². The average molecular weight is 207 g/mol. The van der Waals surface area contributed by atoms with E-state index in [4.69, 9.17) is 5.84 Å². The number of hydrogen-bond donors (Lipinski definition) is 1. The zero-order valence-electron chi connectivity index (χ0n) is 9.05. The van der Waals surface area contributed by atoms with Crippen molar-refractivity contribution in [3.63, 3.8) is 0 Å². The summed E-state index contributed by atoms with van der Waals surface area (Å²) in [7, 11) is 0. The number of halogens is 1. The van der Waals surface area contributed by atoms with Gasteiger partial charge >= 0.3 is 0 Å². The van der Waals surface area contributed by atoms with Gasteiger partial charge in [-0.15, -0.1) is 12.4 Å². The maximum absolute atomic E-state index is 6.06. The highest BCUT2D eigenvalue weighted by atomic mass is 35.5. The number of nitrogens with two attached hydrogens (primary N) is 1. The van der Waals surface area contributed by atoms with Crippen LogP contribution in [-0.2, 0) is 0 Å². The Morgan fingerprint density at radius 1 is 1.08 bits per heavy atom. The molecule has 0 bridgehead atoms. The van der Waals surface area contributed by atoms with Crippen LogP contribution < -0.4 is 5.84 Å². The molecule has 2 N–H and O–H groups in total. The smallest absolute Gasteiger partial charge is 0.0270 e. The Balaban J connectivity index is 0.00000144. The zero-order chi connectivity index (χ0) is 9.19. The molecule has 13 heavy (non-hydrogen) atoms. The molecular formula is C10H23ClN2. The van der Waals surface area contributed by atoms with Crippen LogP contribution in [0.3, 0.4) is 0 Å². The van der Waals surface area contributed by atoms with E-state index in [1.807, 2.05) is 5.01 Å². The van der Waals surface area contributed by atoms with Gasteiger partial charge in [0.1, 0.15) is 0 Å². The minimum Gasteiger partial charge on any atom is -0.268 e. The number of hydrogen-bond acceptors (Lipinski definition) is 2. The topological polar surface area (TPSA) is 29.3 Å². The molecule has 1 aliphatic rings. The first-order valence-electron chi connectivity index (χ1n) is 5.06. The molecule has 0 atom stereocenters. The number of nitrogens with zero attached hydrogens (tertiary/aromatic N) is 1. The maximum atomic E-state index is 6.06. The average Bonchev–Trinajstić information content (AvgIpc) is 2.03. The van der Waals surface area contributed by atoms with Gasteiger partial charge in [0.05, 0.1) is 0 Å². The molecule has 0 aromatic rings. The van der Waals surface area contributed by atoms with Crippen molar-refractivity contribution in [3.05, 3.63) is 0 Å². The molecule has 0 radical (unpaired) electrons. The molecule has 0 aliphatic heterocycles. The van der Waals surface area contributed by atoms with Crippen LogP contribution in [0.2, 0.25) is 0 Å². The molecular weight excluding hydrogens is 184 g/mol. The van der Waals surface area contributed by atoms with Gasteiger partial charge in [-0.25, -0.2) is 5.01 Å². The highest BCUT2D eigenvalue weighted by Gasteiger charge is 2.26. The molecule has 0 heterocycles. The van der Waals surface area contributed by atoms with Gasteiger partial charge in [-0.05, 0) is 33.6 Å². The highest BCUT2D eigenvalue weighted by Crippen LogP contribution is 2.24. The Bertz CT molecular complexity index is 136. The van der Waals surface area contributed by atoms with Gasteiger partial charge in [0.2, 0.25) is 0 Å². The monoisotopic (exact) mass is 206 g/mol. The minimum absolute atomic E-state index is 0. The minimum atomic E-state index is 0. The summed E-state index contributed by atoms with van der Waals surface area (Å²) in [6.07, 6.45) is 6.68. The van der Waals surface area contributed by atoms with Crippen LogP contribution in [-0.4, -0.2) is 16.6 Å². The van der Waals surface area contributed by atoms with E-state index in [2.05, 4.69) is 20.8 Å². The lowest BCUT2D eigenvalue weighted by Gasteiger charge is -2.39. The Labute approximate surface area is 88.2 Å². The van der Waals surface area contributed by atoms with E-state index in [0.29, 0.717) is 6.04 Å². The van der Waals surface area contributed by atoms with Crippen LogP contribution in [0, 0.1) is 0 Å². The predicted octanol–water partition coefficient (Wildman–Crippen LogP) is 2.72. The quantitative estimate of drug-likeness (QED) is 0.528. The van der Waals surface area contributed by atoms with Crippen LogP contribution in [0.1, 0.15) is 52.9 Å². The molecule has 0 unspecified atom stereocenters. The van der Waals surface area contributed by atoms with E-state index in [9.17, 15) is 0 Å². The predicted molar refractivity (Wildman–Crippen MR) is 59.9 cm³/mol. The van der Waals surface area contributed by atoms with Gasteiger partial charge in [0.25, 0.3) is 0 Å². The van der Waals surface area contributed by atoms with Crippen LogP contribution in [0.15, 0.2) is 0 Å². The molecule has 0 spiro atoms. The third-order valence-electron chi connectivity index (χ3n) is 2.74. The molecule has 1 saturated carbocycles. The van der Waals surface area contributed by atoms with Gasteiger partial charge in [0, 0.05) is 11.6 Å². The first-order valence-corrected chi connectivity index (χ1v) is 5.06. The van der Waals surface area contributed by atoms with Gasteiger partial charge in [-0.1, -0.05) is 19.3 Å². The summed E-state index contributed by atoms with van der Waals surface area (Å²) in [4.78, 5) is 0. The van der Waals surface area contributed by atoms with E-state index in [1.54, 1.807) is 0 Å². The van der Waals surface area contributed by atoms with Crippen molar-refractivity contribution in [2.75, 3.05) is 0 Å². The third-order valence-corrected chi connectivity index (χ3v) is 2.74. The fourth-order valence-corrected chi connectivity index (χ4v) is 1.91. The van der Waals surface area contributed by atoms with Crippen LogP contribution in [0.5, 0.6) is 0 Å². The fourth-order valence-electron chi connectivity index (χ4n) is 1.91. The summed E-state index contributed by atoms with van der Waals surface area (Å²) >= 11 is 0. The molecule has 0 aromatic heterocycles. The highest BCUT2D eigenvalue weighted by molar-refractivity contribution is 5.85. The van der Waals surface area contributed by atoms with Crippen molar-refractivity contribution in [2.24, 2.45) is 5.84 Å². The Hall–Kier alpha value is 0.210. The first kappa shape index (κ1) is 13.2. The molecule has 1 rings (SSSR count). The normalized spacial score (nSPS) is 20.1. The molecule has 1 aliphatic carbocycles. The lowest BCUT2D eigenvalue weighted by Crippen LogP contribution is -2.53. The van der Waals surface area contributed by atoms with E-state index in [-0.39, 0.29) is 17.9 Å². The molecule has 0 amide bonds. The second-order valence-corrected chi connectivity index (χ2v) is 4.87. The standard InChI is InChI=1S/C10H22N2.ClH/c1-10(2,3)12(11)9-7-5-4-6-8-9;/h9H,4-8,11H2,1-3H3;1H. The molecule has 2 nitrogen and oxygen atoms in total. The SMILES string of the molecule is CC(C)(C)N(N)C1CCCCC1.Cl. The lowest BCUT2D eigenvalue weighted by molar-refractivity contribution is 0.0604. The summed E-state index contributed by atoms with van der Waals surface area (Å²) in [6.45, 7) is 6.55. The Kier molecular flexibility index (Phi) is 5.26. The lowest BCUT2D eigenvalue weighted by atomic mass is 9.92. The molecule has 3 heteroatoms. The van der Waals surface area contributed by atoms with Crippen molar-refractivity contribution in [1.82, 2.24) is 5.01 Å². The van der Waals surface area contributed by atoms with E-state index >= 15 is 0 Å². The van der Waals surface area contributed by atoms with Crippen molar-refractivity contribution in [3.8, 4) is 0 Å². The Morgan fingerprint density at radius 3 is 1.92 bits per heavy atom. The van der Waals surface area contributed by atoms with Crippen LogP contribution in [0.25, 0.3) is 0 Å². The number of hydrazine groups is 1. The summed E-state index contributed by atoms with van der Waals surface area (Å²) in [5, 5.41) is 2.05. The largest absolute Gasteiger partial charge is 0.268 e. The van der Waals surface area contributed by atoms with Gasteiger partial charge in [-0.3, -0.25) is 5.84 Å². The summed E-state index contributed by atoms with van der Waals surface area (Å²) < 4.78 is 0. The van der Waals surface area contributed by atoms with Crippen LogP contribution in [0.4, 0.5) is 0 Å². The Morgan fingerprint density at radius 2 is 1.54 bits per heavy atom. The van der Waals surface area contributed by atoms with E-state index < -0.39 is 0 Å². The molecule has 1 fully saturated rings. The summed E-state index contributed by atoms with van der Waals surface area (Å²) in [5.41, 5.74) is 0.127. The summed E-state index contributed by atoms with van der Waals surface area (Å²) in [6, 6.07) is 0.624. The van der Waals surface area contributed by atoms with Crippen molar-refractivity contribution in [1.29, 1.82) is 0 Å². The zero-order valence-corrected chi connectivity index (χ0v) is 9.86. The van der Waals surface area contributed by atoms with Crippen molar-refractivity contribution >= 4 is 12.4 Å². The maximum Gasteiger partial charge on any atom is 0.0270 e. The molecule has 80 valence electrons. The van der Waals surface area contributed by atoms with E-state index in [0.717, 1.165) is 0 Å². The third kappa shape index (κ3) is 3.84. The second kappa shape index (κ2) is 5.18. The van der Waals surface area contributed by atoms with Crippen molar-refractivity contribution in [2.45, 2.75) is 64.5 Å². The van der Waals surface area contributed by atoms with Crippen molar-refractivity contribution < 1.29 is 0 Å². The molecule has 0 aromatic carbocycles. The fraction of sp³-hybridized carbons (Fsp3) is 1.00. The van der Waals surface area contributed by atoms with E-state index in [1.165, 1.54) is 32.1 Å². The number of rotatable bonds is 1.